The van der Waals surface area contributed by atoms with Gasteiger partial charge in [-0.2, -0.15) is 0 Å². The van der Waals surface area contributed by atoms with Crippen LogP contribution < -0.4 is 0 Å². The lowest BCUT2D eigenvalue weighted by molar-refractivity contribution is 0.293. The molecule has 0 spiro atoms. The Kier molecular flexibility index (Phi) is 4.76. The summed E-state index contributed by atoms with van der Waals surface area (Å²) in [6, 6.07) is 9.88. The molecule has 1 aromatic rings. The minimum absolute atomic E-state index is 0.0798. The fourth-order valence-electron chi connectivity index (χ4n) is 1.64. The first-order valence-electron chi connectivity index (χ1n) is 5.74. The Bertz CT molecular complexity index is 345. The second-order valence-electron chi connectivity index (χ2n) is 4.59. The summed E-state index contributed by atoms with van der Waals surface area (Å²) < 4.78 is 18.3. The van der Waals surface area contributed by atoms with Crippen LogP contribution in [-0.2, 0) is 15.7 Å². The van der Waals surface area contributed by atoms with Crippen LogP contribution in [0.3, 0.4) is 0 Å². The van der Waals surface area contributed by atoms with Crippen molar-refractivity contribution in [2.45, 2.75) is 45.6 Å². The highest BCUT2D eigenvalue weighted by Gasteiger charge is 2.31. The van der Waals surface area contributed by atoms with Crippen LogP contribution in [0.1, 0.15) is 33.3 Å². The molecule has 0 bridgehead atoms. The van der Waals surface area contributed by atoms with Gasteiger partial charge in [0, 0.05) is 11.3 Å². The average molecular weight is 240 g/mol. The van der Waals surface area contributed by atoms with Crippen molar-refractivity contribution < 1.29 is 9.09 Å². The summed E-state index contributed by atoms with van der Waals surface area (Å²) in [4.78, 5) is 0. The van der Waals surface area contributed by atoms with E-state index in [1.807, 2.05) is 58.0 Å². The van der Waals surface area contributed by atoms with Crippen molar-refractivity contribution in [3.05, 3.63) is 35.9 Å². The molecule has 3 heteroatoms. The molecule has 0 atom stereocenters. The first-order chi connectivity index (χ1) is 7.47. The Hall–Kier alpha value is -0.590. The van der Waals surface area contributed by atoms with Crippen molar-refractivity contribution >= 4 is 7.37 Å². The number of hydrogen-bond donors (Lipinski definition) is 0. The fraction of sp³-hybridized carbons (Fsp3) is 0.538. The predicted octanol–water partition coefficient (Wildman–Crippen LogP) is 4.30. The van der Waals surface area contributed by atoms with Crippen LogP contribution in [0.5, 0.6) is 0 Å². The molecule has 0 radical (unpaired) electrons. The first-order valence-corrected chi connectivity index (χ1v) is 7.51. The molecule has 90 valence electrons. The van der Waals surface area contributed by atoms with Crippen LogP contribution in [-0.4, -0.2) is 11.3 Å². The van der Waals surface area contributed by atoms with E-state index in [2.05, 4.69) is 0 Å². The topological polar surface area (TPSA) is 26.3 Å². The van der Waals surface area contributed by atoms with Gasteiger partial charge in [0.2, 0.25) is 7.37 Å². The van der Waals surface area contributed by atoms with Gasteiger partial charge in [0.15, 0.2) is 0 Å². The Morgan fingerprint density at radius 1 is 1.06 bits per heavy atom. The summed E-state index contributed by atoms with van der Waals surface area (Å²) in [5.74, 6) is 0. The average Bonchev–Trinajstić information content (AvgIpc) is 2.26. The molecule has 0 aliphatic carbocycles. The van der Waals surface area contributed by atoms with Crippen molar-refractivity contribution in [3.63, 3.8) is 0 Å². The van der Waals surface area contributed by atoms with Crippen LogP contribution >= 0.6 is 7.37 Å². The smallest absolute Gasteiger partial charge is 0.208 e. The van der Waals surface area contributed by atoms with E-state index in [0.717, 1.165) is 5.56 Å². The van der Waals surface area contributed by atoms with E-state index >= 15 is 0 Å². The van der Waals surface area contributed by atoms with E-state index in [1.54, 1.807) is 0 Å². The Balaban J connectivity index is 2.69. The van der Waals surface area contributed by atoms with Gasteiger partial charge in [-0.25, -0.2) is 0 Å². The summed E-state index contributed by atoms with van der Waals surface area (Å²) in [7, 11) is -2.53. The van der Waals surface area contributed by atoms with Gasteiger partial charge in [-0.3, -0.25) is 4.57 Å². The van der Waals surface area contributed by atoms with Crippen LogP contribution in [0.2, 0.25) is 0 Å². The third-order valence-corrected chi connectivity index (χ3v) is 6.13. The minimum Gasteiger partial charge on any atom is -0.323 e. The summed E-state index contributed by atoms with van der Waals surface area (Å²) in [5.41, 5.74) is 1.23. The van der Waals surface area contributed by atoms with Crippen molar-refractivity contribution in [1.82, 2.24) is 0 Å². The molecule has 16 heavy (non-hydrogen) atoms. The zero-order chi connectivity index (χ0) is 12.2. The lowest BCUT2D eigenvalue weighted by Gasteiger charge is -2.25. The lowest BCUT2D eigenvalue weighted by Crippen LogP contribution is -2.11. The van der Waals surface area contributed by atoms with Gasteiger partial charge < -0.3 is 4.52 Å². The maximum absolute atomic E-state index is 12.6. The van der Waals surface area contributed by atoms with Crippen molar-refractivity contribution in [2.75, 3.05) is 0 Å². The molecular weight excluding hydrogens is 219 g/mol. The van der Waals surface area contributed by atoms with Gasteiger partial charge in [-0.15, -0.1) is 0 Å². The standard InChI is InChI=1S/C13H21O2P/c1-11(2)16(14,12(3)4)15-10-13-8-6-5-7-9-13/h5-9,11-12H,10H2,1-4H3. The van der Waals surface area contributed by atoms with E-state index in [4.69, 9.17) is 4.52 Å². The van der Waals surface area contributed by atoms with E-state index in [0.29, 0.717) is 6.61 Å². The van der Waals surface area contributed by atoms with Crippen LogP contribution in [0.25, 0.3) is 0 Å². The van der Waals surface area contributed by atoms with E-state index in [1.165, 1.54) is 0 Å². The van der Waals surface area contributed by atoms with E-state index in [9.17, 15) is 4.57 Å². The predicted molar refractivity (Wildman–Crippen MR) is 69.1 cm³/mol. The molecule has 0 aliphatic rings. The normalized spacial score (nSPS) is 12.4. The van der Waals surface area contributed by atoms with Gasteiger partial charge in [-0.05, 0) is 5.56 Å². The third-order valence-electron chi connectivity index (χ3n) is 2.72. The minimum atomic E-state index is -2.53. The maximum atomic E-state index is 12.6. The molecule has 1 rings (SSSR count). The first kappa shape index (κ1) is 13.5. The monoisotopic (exact) mass is 240 g/mol. The molecule has 0 saturated heterocycles. The Labute approximate surface area is 98.5 Å². The lowest BCUT2D eigenvalue weighted by atomic mass is 10.2. The van der Waals surface area contributed by atoms with Crippen LogP contribution in [0.15, 0.2) is 30.3 Å². The number of rotatable bonds is 5. The number of benzene rings is 1. The van der Waals surface area contributed by atoms with Gasteiger partial charge in [0.05, 0.1) is 6.61 Å². The molecule has 0 heterocycles. The van der Waals surface area contributed by atoms with Gasteiger partial charge >= 0.3 is 0 Å². The molecule has 0 aliphatic heterocycles. The van der Waals surface area contributed by atoms with Crippen molar-refractivity contribution in [1.29, 1.82) is 0 Å². The van der Waals surface area contributed by atoms with Crippen LogP contribution in [0, 0.1) is 0 Å². The highest BCUT2D eigenvalue weighted by atomic mass is 31.2. The van der Waals surface area contributed by atoms with Crippen molar-refractivity contribution in [2.24, 2.45) is 0 Å². The quantitative estimate of drug-likeness (QED) is 0.717. The molecule has 0 amide bonds. The summed E-state index contributed by atoms with van der Waals surface area (Å²) in [6.07, 6.45) is 0. The van der Waals surface area contributed by atoms with E-state index in [-0.39, 0.29) is 11.3 Å². The largest absolute Gasteiger partial charge is 0.323 e. The fourth-order valence-corrected chi connectivity index (χ4v) is 3.78. The summed E-state index contributed by atoms with van der Waals surface area (Å²) in [6.45, 7) is 8.30. The summed E-state index contributed by atoms with van der Waals surface area (Å²) in [5, 5.41) is 0. The third kappa shape index (κ3) is 3.20. The highest BCUT2D eigenvalue weighted by molar-refractivity contribution is 7.60. The van der Waals surface area contributed by atoms with Gasteiger partial charge in [0.1, 0.15) is 0 Å². The molecule has 0 aromatic heterocycles. The molecule has 0 unspecified atom stereocenters. The molecule has 2 nitrogen and oxygen atoms in total. The summed E-state index contributed by atoms with van der Waals surface area (Å²) >= 11 is 0. The molecule has 0 N–H and O–H groups in total. The second-order valence-corrected chi connectivity index (χ2v) is 8.21. The zero-order valence-corrected chi connectivity index (χ0v) is 11.4. The molecule has 0 fully saturated rings. The van der Waals surface area contributed by atoms with Crippen LogP contribution in [0.4, 0.5) is 0 Å². The SMILES string of the molecule is CC(C)P(=O)(OCc1ccccc1)C(C)C. The molecular formula is C13H21O2P. The highest BCUT2D eigenvalue weighted by Crippen LogP contribution is 2.56. The number of hydrogen-bond acceptors (Lipinski definition) is 2. The maximum Gasteiger partial charge on any atom is 0.208 e. The van der Waals surface area contributed by atoms with Gasteiger partial charge in [-0.1, -0.05) is 58.0 Å². The van der Waals surface area contributed by atoms with Gasteiger partial charge in [0.25, 0.3) is 0 Å². The molecule has 0 saturated carbocycles. The Morgan fingerprint density at radius 2 is 1.56 bits per heavy atom. The zero-order valence-electron chi connectivity index (χ0n) is 10.5. The Morgan fingerprint density at radius 3 is 2.00 bits per heavy atom. The van der Waals surface area contributed by atoms with Crippen molar-refractivity contribution in [3.8, 4) is 0 Å². The van der Waals surface area contributed by atoms with E-state index < -0.39 is 7.37 Å². The second kappa shape index (κ2) is 5.65. The molecule has 1 aromatic carbocycles.